The Morgan fingerprint density at radius 3 is 2.34 bits per heavy atom. The number of rotatable bonds is 5. The predicted octanol–water partition coefficient (Wildman–Crippen LogP) is 5.09. The Bertz CT molecular complexity index is 1010. The van der Waals surface area contributed by atoms with E-state index in [0.717, 1.165) is 5.69 Å². The molecule has 0 radical (unpaired) electrons. The Morgan fingerprint density at radius 1 is 1.00 bits per heavy atom. The molecule has 0 atom stereocenters. The van der Waals surface area contributed by atoms with Crippen molar-refractivity contribution < 1.29 is 9.53 Å². The maximum absolute atomic E-state index is 12.7. The van der Waals surface area contributed by atoms with E-state index in [4.69, 9.17) is 4.74 Å². The van der Waals surface area contributed by atoms with Gasteiger partial charge >= 0.3 is 0 Å². The summed E-state index contributed by atoms with van der Waals surface area (Å²) in [6, 6.07) is 17.1. The highest BCUT2D eigenvalue weighted by molar-refractivity contribution is 6.04. The molecule has 6 heteroatoms. The molecule has 0 unspecified atom stereocenters. The van der Waals surface area contributed by atoms with Crippen molar-refractivity contribution >= 4 is 23.1 Å². The summed E-state index contributed by atoms with van der Waals surface area (Å²) in [4.78, 5) is 21.4. The maximum Gasteiger partial charge on any atom is 0.274 e. The van der Waals surface area contributed by atoms with Crippen LogP contribution in [0.4, 0.5) is 17.2 Å². The summed E-state index contributed by atoms with van der Waals surface area (Å²) in [6.45, 7) is 8.29. The lowest BCUT2D eigenvalue weighted by atomic mass is 9.87. The van der Waals surface area contributed by atoms with E-state index >= 15 is 0 Å². The summed E-state index contributed by atoms with van der Waals surface area (Å²) in [5.41, 5.74) is 3.10. The van der Waals surface area contributed by atoms with Crippen molar-refractivity contribution in [3.05, 3.63) is 71.7 Å². The van der Waals surface area contributed by atoms with E-state index in [1.807, 2.05) is 24.3 Å². The van der Waals surface area contributed by atoms with Crippen LogP contribution < -0.4 is 15.4 Å². The number of hydrogen-bond donors (Lipinski definition) is 2. The number of ether oxygens (including phenoxy) is 1. The first-order chi connectivity index (χ1) is 13.8. The van der Waals surface area contributed by atoms with Crippen LogP contribution >= 0.6 is 0 Å². The Morgan fingerprint density at radius 2 is 1.69 bits per heavy atom. The van der Waals surface area contributed by atoms with E-state index in [2.05, 4.69) is 53.5 Å². The molecule has 3 aromatic rings. The van der Waals surface area contributed by atoms with Crippen molar-refractivity contribution in [3.63, 3.8) is 0 Å². The van der Waals surface area contributed by atoms with E-state index in [1.165, 1.54) is 5.56 Å². The van der Waals surface area contributed by atoms with Crippen molar-refractivity contribution in [2.75, 3.05) is 17.7 Å². The van der Waals surface area contributed by atoms with Gasteiger partial charge in [0.25, 0.3) is 5.91 Å². The van der Waals surface area contributed by atoms with Gasteiger partial charge in [0.1, 0.15) is 23.1 Å². The molecule has 6 nitrogen and oxygen atoms in total. The summed E-state index contributed by atoms with van der Waals surface area (Å²) < 4.78 is 5.28. The number of carbonyl (C=O) groups excluding carboxylic acids is 1. The minimum Gasteiger partial charge on any atom is -0.495 e. The first-order valence-electron chi connectivity index (χ1n) is 9.44. The smallest absolute Gasteiger partial charge is 0.274 e. The van der Waals surface area contributed by atoms with Crippen molar-refractivity contribution in [1.29, 1.82) is 0 Å². The van der Waals surface area contributed by atoms with Gasteiger partial charge in [0.2, 0.25) is 0 Å². The highest BCUT2D eigenvalue weighted by atomic mass is 16.5. The molecule has 2 N–H and O–H groups in total. The molecule has 3 rings (SSSR count). The summed E-state index contributed by atoms with van der Waals surface area (Å²) in [5.74, 6) is 1.33. The van der Waals surface area contributed by atoms with Crippen molar-refractivity contribution in [2.24, 2.45) is 0 Å². The molecule has 29 heavy (non-hydrogen) atoms. The van der Waals surface area contributed by atoms with Gasteiger partial charge in [-0.15, -0.1) is 0 Å². The topological polar surface area (TPSA) is 76.1 Å². The number of aryl methyl sites for hydroxylation is 1. The number of benzene rings is 2. The number of para-hydroxylation sites is 2. The molecule has 0 aliphatic heterocycles. The lowest BCUT2D eigenvalue weighted by Gasteiger charge is -2.19. The monoisotopic (exact) mass is 390 g/mol. The number of amides is 1. The van der Waals surface area contributed by atoms with Gasteiger partial charge in [0, 0.05) is 11.8 Å². The molecule has 0 fully saturated rings. The van der Waals surface area contributed by atoms with Crippen molar-refractivity contribution in [3.8, 4) is 5.75 Å². The molecule has 0 spiro atoms. The van der Waals surface area contributed by atoms with Crippen LogP contribution in [0.5, 0.6) is 5.75 Å². The van der Waals surface area contributed by atoms with Crippen LogP contribution in [-0.2, 0) is 5.41 Å². The number of carbonyl (C=O) groups is 1. The van der Waals surface area contributed by atoms with Crippen LogP contribution in [0.25, 0.3) is 0 Å². The molecular formula is C23H26N4O2. The number of anilines is 3. The Balaban J connectivity index is 1.80. The fourth-order valence-corrected chi connectivity index (χ4v) is 2.88. The zero-order valence-corrected chi connectivity index (χ0v) is 17.4. The number of hydrogen-bond acceptors (Lipinski definition) is 5. The molecule has 0 bridgehead atoms. The summed E-state index contributed by atoms with van der Waals surface area (Å²) in [5, 5.41) is 6.09. The first-order valence-corrected chi connectivity index (χ1v) is 9.44. The summed E-state index contributed by atoms with van der Waals surface area (Å²) in [6.07, 6.45) is 0. The second-order valence-corrected chi connectivity index (χ2v) is 7.79. The van der Waals surface area contributed by atoms with Crippen LogP contribution in [0.1, 0.15) is 42.6 Å². The third-order valence-corrected chi connectivity index (χ3v) is 4.45. The van der Waals surface area contributed by atoms with Gasteiger partial charge in [-0.25, -0.2) is 9.97 Å². The lowest BCUT2D eigenvalue weighted by Crippen LogP contribution is -2.16. The third kappa shape index (κ3) is 5.10. The summed E-state index contributed by atoms with van der Waals surface area (Å²) in [7, 11) is 1.56. The number of nitrogens with zero attached hydrogens (tertiary/aromatic N) is 2. The van der Waals surface area contributed by atoms with Crippen LogP contribution in [0.15, 0.2) is 54.6 Å². The van der Waals surface area contributed by atoms with Gasteiger partial charge in [-0.2, -0.15) is 0 Å². The quantitative estimate of drug-likeness (QED) is 0.635. The molecule has 150 valence electrons. The predicted molar refractivity (Wildman–Crippen MR) is 116 cm³/mol. The highest BCUT2D eigenvalue weighted by Gasteiger charge is 2.15. The lowest BCUT2D eigenvalue weighted by molar-refractivity contribution is 0.102. The third-order valence-electron chi connectivity index (χ3n) is 4.45. The minimum absolute atomic E-state index is 0.0911. The van der Waals surface area contributed by atoms with Crippen molar-refractivity contribution in [1.82, 2.24) is 9.97 Å². The van der Waals surface area contributed by atoms with E-state index in [9.17, 15) is 4.79 Å². The van der Waals surface area contributed by atoms with Gasteiger partial charge in [0.15, 0.2) is 0 Å². The zero-order valence-electron chi connectivity index (χ0n) is 17.4. The average Bonchev–Trinajstić information content (AvgIpc) is 2.67. The van der Waals surface area contributed by atoms with Crippen LogP contribution in [-0.4, -0.2) is 23.0 Å². The maximum atomic E-state index is 12.7. The minimum atomic E-state index is -0.328. The average molecular weight is 390 g/mol. The second kappa shape index (κ2) is 8.31. The number of aromatic nitrogens is 2. The number of methoxy groups -OCH3 is 1. The van der Waals surface area contributed by atoms with Crippen LogP contribution in [0.2, 0.25) is 0 Å². The molecule has 1 heterocycles. The molecule has 0 saturated carbocycles. The fraction of sp³-hybridized carbons (Fsp3) is 0.261. The molecule has 0 aliphatic rings. The van der Waals surface area contributed by atoms with Gasteiger partial charge in [-0.05, 0) is 42.2 Å². The normalized spacial score (nSPS) is 11.1. The molecular weight excluding hydrogens is 364 g/mol. The molecule has 1 amide bonds. The Labute approximate surface area is 171 Å². The summed E-state index contributed by atoms with van der Waals surface area (Å²) >= 11 is 0. The zero-order chi connectivity index (χ0) is 21.0. The standard InChI is InChI=1S/C23H26N4O2/c1-15-24-19(22(28)27-18-8-6-7-9-20(18)29-5)14-21(25-15)26-17-12-10-16(11-13-17)23(2,3)4/h6-14H,1-5H3,(H,27,28)(H,24,25,26). The van der Waals surface area contributed by atoms with Crippen molar-refractivity contribution in [2.45, 2.75) is 33.1 Å². The Hall–Kier alpha value is -3.41. The molecule has 0 saturated heterocycles. The second-order valence-electron chi connectivity index (χ2n) is 7.79. The van der Waals surface area contributed by atoms with E-state index < -0.39 is 0 Å². The number of nitrogens with one attached hydrogen (secondary N) is 2. The fourth-order valence-electron chi connectivity index (χ4n) is 2.88. The van der Waals surface area contributed by atoms with Crippen LogP contribution in [0.3, 0.4) is 0 Å². The SMILES string of the molecule is COc1ccccc1NC(=O)c1cc(Nc2ccc(C(C)(C)C)cc2)nc(C)n1. The molecule has 1 aromatic heterocycles. The van der Waals surface area contributed by atoms with E-state index in [-0.39, 0.29) is 17.0 Å². The molecule has 0 aliphatic carbocycles. The van der Waals surface area contributed by atoms with E-state index in [1.54, 1.807) is 32.2 Å². The molecule has 2 aromatic carbocycles. The van der Waals surface area contributed by atoms with Gasteiger partial charge < -0.3 is 15.4 Å². The largest absolute Gasteiger partial charge is 0.495 e. The highest BCUT2D eigenvalue weighted by Crippen LogP contribution is 2.26. The van der Waals surface area contributed by atoms with Gasteiger partial charge in [-0.3, -0.25) is 4.79 Å². The van der Waals surface area contributed by atoms with Gasteiger partial charge in [-0.1, -0.05) is 45.0 Å². The van der Waals surface area contributed by atoms with Gasteiger partial charge in [0.05, 0.1) is 12.8 Å². The first kappa shape index (κ1) is 20.3. The van der Waals surface area contributed by atoms with Crippen LogP contribution in [0, 0.1) is 6.92 Å². The Kier molecular flexibility index (Phi) is 5.82. The van der Waals surface area contributed by atoms with E-state index in [0.29, 0.717) is 23.1 Å².